The summed E-state index contributed by atoms with van der Waals surface area (Å²) in [6.45, 7) is 1.78. The summed E-state index contributed by atoms with van der Waals surface area (Å²) < 4.78 is 16.3. The van der Waals surface area contributed by atoms with Gasteiger partial charge < -0.3 is 14.2 Å². The molecule has 0 aromatic heterocycles. The largest absolute Gasteiger partial charge is 0.382 e. The van der Waals surface area contributed by atoms with E-state index in [2.05, 4.69) is 15.9 Å². The Morgan fingerprint density at radius 2 is 2.06 bits per heavy atom. The predicted octanol–water partition coefficient (Wildman–Crippen LogP) is 3.24. The van der Waals surface area contributed by atoms with Crippen molar-refractivity contribution in [3.63, 3.8) is 0 Å². The van der Waals surface area contributed by atoms with E-state index in [1.807, 2.05) is 18.2 Å². The quantitative estimate of drug-likeness (QED) is 0.572. The number of ether oxygens (including phenoxy) is 3. The Balaban J connectivity index is 2.23. The van der Waals surface area contributed by atoms with Crippen LogP contribution in [-0.4, -0.2) is 27.1 Å². The highest BCUT2D eigenvalue weighted by molar-refractivity contribution is 9.10. The fourth-order valence-corrected chi connectivity index (χ4v) is 1.65. The van der Waals surface area contributed by atoms with Gasteiger partial charge >= 0.3 is 0 Å². The molecule has 0 fully saturated rings. The average molecular weight is 310 g/mol. The van der Waals surface area contributed by atoms with Crippen molar-refractivity contribution in [2.24, 2.45) is 0 Å². The molecule has 0 aliphatic rings. The maximum Gasteiger partial charge on any atom is 0.147 e. The van der Waals surface area contributed by atoms with Gasteiger partial charge in [-0.1, -0.05) is 27.5 Å². The van der Waals surface area contributed by atoms with E-state index < -0.39 is 0 Å². The van der Waals surface area contributed by atoms with E-state index in [9.17, 15) is 0 Å². The molecular formula is C11H14BrClO3. The Kier molecular flexibility index (Phi) is 7.00. The molecule has 0 N–H and O–H groups in total. The van der Waals surface area contributed by atoms with Crippen LogP contribution in [-0.2, 0) is 20.8 Å². The Morgan fingerprint density at radius 1 is 1.25 bits per heavy atom. The monoisotopic (exact) mass is 308 g/mol. The van der Waals surface area contributed by atoms with Crippen molar-refractivity contribution in [1.82, 2.24) is 0 Å². The lowest BCUT2D eigenvalue weighted by molar-refractivity contribution is -0.0724. The Bertz CT molecular complexity index is 320. The summed E-state index contributed by atoms with van der Waals surface area (Å²) in [6.07, 6.45) is 0. The summed E-state index contributed by atoms with van der Waals surface area (Å²) in [5.74, 6) is 0. The third-order valence-corrected chi connectivity index (χ3v) is 2.73. The van der Waals surface area contributed by atoms with Crippen LogP contribution in [0, 0.1) is 0 Å². The minimum Gasteiger partial charge on any atom is -0.382 e. The van der Waals surface area contributed by atoms with Gasteiger partial charge in [-0.25, -0.2) is 0 Å². The van der Waals surface area contributed by atoms with Crippen LogP contribution < -0.4 is 0 Å². The van der Waals surface area contributed by atoms with Gasteiger partial charge in [-0.3, -0.25) is 0 Å². The summed E-state index contributed by atoms with van der Waals surface area (Å²) in [5.41, 5.74) is 0.936. The number of benzene rings is 1. The number of hydrogen-bond acceptors (Lipinski definition) is 3. The normalized spacial score (nSPS) is 10.7. The molecule has 0 bridgehead atoms. The first-order valence-corrected chi connectivity index (χ1v) is 5.99. The van der Waals surface area contributed by atoms with Gasteiger partial charge in [-0.2, -0.15) is 0 Å². The van der Waals surface area contributed by atoms with Gasteiger partial charge in [0.25, 0.3) is 0 Å². The van der Waals surface area contributed by atoms with Gasteiger partial charge in [0, 0.05) is 16.6 Å². The summed E-state index contributed by atoms with van der Waals surface area (Å²) in [5, 5.41) is 0.695. The predicted molar refractivity (Wildman–Crippen MR) is 66.6 cm³/mol. The third-order valence-electron chi connectivity index (χ3n) is 1.86. The van der Waals surface area contributed by atoms with E-state index in [-0.39, 0.29) is 6.79 Å². The van der Waals surface area contributed by atoms with Crippen molar-refractivity contribution >= 4 is 27.5 Å². The maximum absolute atomic E-state index is 6.00. The molecule has 5 heteroatoms. The molecule has 1 rings (SSSR count). The highest BCUT2D eigenvalue weighted by atomic mass is 79.9. The second kappa shape index (κ2) is 8.03. The smallest absolute Gasteiger partial charge is 0.147 e. The number of rotatable bonds is 7. The fraction of sp³-hybridized carbons (Fsp3) is 0.455. The van der Waals surface area contributed by atoms with Crippen LogP contribution in [0.2, 0.25) is 5.02 Å². The second-order valence-corrected chi connectivity index (χ2v) is 4.43. The van der Waals surface area contributed by atoms with E-state index >= 15 is 0 Å². The molecular weight excluding hydrogens is 295 g/mol. The molecule has 0 unspecified atom stereocenters. The fourth-order valence-electron chi connectivity index (χ4n) is 1.07. The van der Waals surface area contributed by atoms with Crippen molar-refractivity contribution in [1.29, 1.82) is 0 Å². The van der Waals surface area contributed by atoms with Gasteiger partial charge in [0.1, 0.15) is 6.79 Å². The number of methoxy groups -OCH3 is 1. The van der Waals surface area contributed by atoms with Crippen molar-refractivity contribution < 1.29 is 14.2 Å². The van der Waals surface area contributed by atoms with Gasteiger partial charge in [-0.05, 0) is 23.8 Å². The minimum absolute atomic E-state index is 0.242. The molecule has 0 heterocycles. The molecule has 0 spiro atoms. The summed E-state index contributed by atoms with van der Waals surface area (Å²) in [6, 6.07) is 5.65. The zero-order chi connectivity index (χ0) is 11.8. The number of hydrogen-bond donors (Lipinski definition) is 0. The van der Waals surface area contributed by atoms with E-state index in [0.717, 1.165) is 10.0 Å². The molecule has 0 atom stereocenters. The molecule has 0 saturated carbocycles. The van der Waals surface area contributed by atoms with E-state index in [1.165, 1.54) is 0 Å². The van der Waals surface area contributed by atoms with Crippen LogP contribution in [0.1, 0.15) is 5.56 Å². The highest BCUT2D eigenvalue weighted by Gasteiger charge is 2.01. The standard InChI is InChI=1S/C11H14BrClO3/c1-14-4-5-15-8-16-7-9-6-10(12)2-3-11(9)13/h2-3,6H,4-5,7-8H2,1H3. The Morgan fingerprint density at radius 3 is 2.81 bits per heavy atom. The van der Waals surface area contributed by atoms with Gasteiger partial charge in [0.05, 0.1) is 19.8 Å². The van der Waals surface area contributed by atoms with Gasteiger partial charge in [0.2, 0.25) is 0 Å². The van der Waals surface area contributed by atoms with Crippen molar-refractivity contribution in [3.8, 4) is 0 Å². The number of halogens is 2. The van der Waals surface area contributed by atoms with E-state index in [1.54, 1.807) is 7.11 Å². The zero-order valence-electron chi connectivity index (χ0n) is 9.04. The molecule has 90 valence electrons. The van der Waals surface area contributed by atoms with Crippen LogP contribution in [0.15, 0.2) is 22.7 Å². The molecule has 0 radical (unpaired) electrons. The molecule has 16 heavy (non-hydrogen) atoms. The van der Waals surface area contributed by atoms with Crippen molar-refractivity contribution in [2.75, 3.05) is 27.1 Å². The van der Waals surface area contributed by atoms with Gasteiger partial charge in [-0.15, -0.1) is 0 Å². The molecule has 0 saturated heterocycles. The van der Waals surface area contributed by atoms with E-state index in [4.69, 9.17) is 25.8 Å². The summed E-state index contributed by atoms with van der Waals surface area (Å²) in [4.78, 5) is 0. The maximum atomic E-state index is 6.00. The van der Waals surface area contributed by atoms with Crippen LogP contribution in [0.3, 0.4) is 0 Å². The SMILES string of the molecule is COCCOCOCc1cc(Br)ccc1Cl. The first-order valence-electron chi connectivity index (χ1n) is 4.82. The molecule has 1 aromatic carbocycles. The molecule has 0 aliphatic heterocycles. The molecule has 0 amide bonds. The Hall–Kier alpha value is -0.130. The highest BCUT2D eigenvalue weighted by Crippen LogP contribution is 2.21. The molecule has 3 nitrogen and oxygen atoms in total. The lowest BCUT2D eigenvalue weighted by atomic mass is 10.2. The van der Waals surface area contributed by atoms with Crippen LogP contribution in [0.5, 0.6) is 0 Å². The minimum atomic E-state index is 0.242. The second-order valence-electron chi connectivity index (χ2n) is 3.10. The average Bonchev–Trinajstić information content (AvgIpc) is 2.28. The zero-order valence-corrected chi connectivity index (χ0v) is 11.4. The van der Waals surface area contributed by atoms with Crippen molar-refractivity contribution in [3.05, 3.63) is 33.3 Å². The van der Waals surface area contributed by atoms with Crippen LogP contribution >= 0.6 is 27.5 Å². The van der Waals surface area contributed by atoms with Gasteiger partial charge in [0.15, 0.2) is 0 Å². The molecule has 1 aromatic rings. The van der Waals surface area contributed by atoms with Crippen LogP contribution in [0.25, 0.3) is 0 Å². The Labute approximate surface area is 109 Å². The summed E-state index contributed by atoms with van der Waals surface area (Å²) >= 11 is 9.37. The lowest BCUT2D eigenvalue weighted by Gasteiger charge is -2.07. The lowest BCUT2D eigenvalue weighted by Crippen LogP contribution is -2.06. The first-order chi connectivity index (χ1) is 7.74. The third kappa shape index (κ3) is 5.27. The molecule has 0 aliphatic carbocycles. The summed E-state index contributed by atoms with van der Waals surface area (Å²) in [7, 11) is 1.63. The van der Waals surface area contributed by atoms with E-state index in [0.29, 0.717) is 24.8 Å². The van der Waals surface area contributed by atoms with Crippen LogP contribution in [0.4, 0.5) is 0 Å². The first kappa shape index (κ1) is 13.9. The van der Waals surface area contributed by atoms with Crippen molar-refractivity contribution in [2.45, 2.75) is 6.61 Å². The topological polar surface area (TPSA) is 27.7 Å².